The third kappa shape index (κ3) is 4.96. The molecule has 3 rings (SSSR count). The molecule has 1 fully saturated rings. The summed E-state index contributed by atoms with van der Waals surface area (Å²) in [5.41, 5.74) is -0.461. The molecule has 0 radical (unpaired) electrons. The number of carbonyl (C=O) groups is 1. The summed E-state index contributed by atoms with van der Waals surface area (Å²) in [6.45, 7) is 1.46. The summed E-state index contributed by atoms with van der Waals surface area (Å²) in [5, 5.41) is 2.78. The second kappa shape index (κ2) is 8.37. The zero-order valence-electron chi connectivity index (χ0n) is 14.7. The van der Waals surface area contributed by atoms with Crippen molar-refractivity contribution in [2.24, 2.45) is 5.92 Å². The molecule has 0 bridgehead atoms. The van der Waals surface area contributed by atoms with Gasteiger partial charge in [0.2, 0.25) is 11.9 Å². The molecule has 1 aromatic heterocycles. The summed E-state index contributed by atoms with van der Waals surface area (Å²) in [5.74, 6) is 0.231. The van der Waals surface area contributed by atoms with Gasteiger partial charge in [-0.2, -0.15) is 13.2 Å². The lowest BCUT2D eigenvalue weighted by molar-refractivity contribution is -0.138. The number of hydrogen-bond acceptors (Lipinski definition) is 4. The molecule has 1 aromatic carbocycles. The number of piperidine rings is 1. The van der Waals surface area contributed by atoms with Crippen molar-refractivity contribution in [3.05, 3.63) is 53.9 Å². The summed E-state index contributed by atoms with van der Waals surface area (Å²) in [6.07, 6.45) is 0.648. The van der Waals surface area contributed by atoms with Crippen LogP contribution in [0.1, 0.15) is 24.0 Å². The van der Waals surface area contributed by atoms with E-state index in [-0.39, 0.29) is 30.4 Å². The highest BCUT2D eigenvalue weighted by Crippen LogP contribution is 2.31. The Balaban J connectivity index is 1.54. The molecule has 8 heteroatoms. The number of anilines is 1. The Bertz CT molecular complexity index is 767. The maximum atomic E-state index is 13.0. The van der Waals surface area contributed by atoms with E-state index in [2.05, 4.69) is 15.3 Å². The van der Waals surface area contributed by atoms with Gasteiger partial charge in [-0.1, -0.05) is 18.2 Å². The molecule has 0 saturated carbocycles. The van der Waals surface area contributed by atoms with Crippen LogP contribution in [0.5, 0.6) is 0 Å². The van der Waals surface area contributed by atoms with Crippen LogP contribution in [0.4, 0.5) is 19.1 Å². The summed E-state index contributed by atoms with van der Waals surface area (Å²) in [4.78, 5) is 22.8. The van der Waals surface area contributed by atoms with Crippen LogP contribution in [0.15, 0.2) is 42.7 Å². The molecule has 1 N–H and O–H groups in total. The zero-order valence-corrected chi connectivity index (χ0v) is 14.7. The SMILES string of the molecule is O=C(NCCc1ccccc1C(F)(F)F)[C@H]1CCCN(c2ncccn2)C1. The normalized spacial score (nSPS) is 17.6. The number of nitrogens with one attached hydrogen (secondary N) is 1. The van der Waals surface area contributed by atoms with Crippen LogP contribution in [-0.2, 0) is 17.4 Å². The molecule has 0 aliphatic carbocycles. The van der Waals surface area contributed by atoms with Crippen molar-refractivity contribution in [1.29, 1.82) is 0 Å². The molecular weight excluding hydrogens is 357 g/mol. The maximum Gasteiger partial charge on any atom is 0.416 e. The van der Waals surface area contributed by atoms with Crippen molar-refractivity contribution < 1.29 is 18.0 Å². The van der Waals surface area contributed by atoms with E-state index >= 15 is 0 Å². The number of hydrogen-bond donors (Lipinski definition) is 1. The Morgan fingerprint density at radius 2 is 1.93 bits per heavy atom. The van der Waals surface area contributed by atoms with Crippen LogP contribution in [0, 0.1) is 5.92 Å². The average molecular weight is 378 g/mol. The van der Waals surface area contributed by atoms with Crippen molar-refractivity contribution in [1.82, 2.24) is 15.3 Å². The summed E-state index contributed by atoms with van der Waals surface area (Å²) < 4.78 is 39.1. The van der Waals surface area contributed by atoms with E-state index in [0.717, 1.165) is 25.5 Å². The molecule has 0 unspecified atom stereocenters. The third-order valence-electron chi connectivity index (χ3n) is 4.64. The van der Waals surface area contributed by atoms with Crippen LogP contribution in [0.25, 0.3) is 0 Å². The average Bonchev–Trinajstić information content (AvgIpc) is 2.68. The molecule has 144 valence electrons. The molecule has 1 aliphatic rings. The van der Waals surface area contributed by atoms with Gasteiger partial charge in [0.25, 0.3) is 0 Å². The van der Waals surface area contributed by atoms with E-state index in [1.807, 2.05) is 4.90 Å². The fraction of sp³-hybridized carbons (Fsp3) is 0.421. The van der Waals surface area contributed by atoms with Gasteiger partial charge in [0.05, 0.1) is 11.5 Å². The predicted molar refractivity (Wildman–Crippen MR) is 95.1 cm³/mol. The Hall–Kier alpha value is -2.64. The Labute approximate surface area is 155 Å². The molecule has 27 heavy (non-hydrogen) atoms. The summed E-state index contributed by atoms with van der Waals surface area (Å²) in [7, 11) is 0. The van der Waals surface area contributed by atoms with Crippen LogP contribution in [0.2, 0.25) is 0 Å². The standard InChI is InChI=1S/C19H21F3N4O/c20-19(21,22)16-7-2-1-5-14(16)8-11-23-17(27)15-6-3-12-26(13-15)18-24-9-4-10-25-18/h1-2,4-5,7,9-10,15H,3,6,8,11-13H2,(H,23,27)/t15-/m0/s1. The first-order valence-electron chi connectivity index (χ1n) is 8.90. The number of benzene rings is 1. The van der Waals surface area contributed by atoms with E-state index in [0.29, 0.717) is 12.5 Å². The quantitative estimate of drug-likeness (QED) is 0.869. The van der Waals surface area contributed by atoms with Gasteiger partial charge in [-0.25, -0.2) is 9.97 Å². The van der Waals surface area contributed by atoms with E-state index in [9.17, 15) is 18.0 Å². The first-order valence-corrected chi connectivity index (χ1v) is 8.90. The van der Waals surface area contributed by atoms with Crippen molar-refractivity contribution in [3.8, 4) is 0 Å². The molecule has 2 aromatic rings. The number of aromatic nitrogens is 2. The van der Waals surface area contributed by atoms with Gasteiger partial charge in [-0.3, -0.25) is 4.79 Å². The molecule has 1 saturated heterocycles. The topological polar surface area (TPSA) is 58.1 Å². The highest BCUT2D eigenvalue weighted by Gasteiger charge is 2.33. The number of amides is 1. The number of carbonyl (C=O) groups excluding carboxylic acids is 1. The van der Waals surface area contributed by atoms with E-state index in [4.69, 9.17) is 0 Å². The predicted octanol–water partition coefficient (Wildman–Crippen LogP) is 3.07. The smallest absolute Gasteiger partial charge is 0.355 e. The number of rotatable bonds is 5. The van der Waals surface area contributed by atoms with Crippen molar-refractivity contribution in [2.75, 3.05) is 24.5 Å². The lowest BCUT2D eigenvalue weighted by Crippen LogP contribution is -2.44. The molecule has 1 aliphatic heterocycles. The third-order valence-corrected chi connectivity index (χ3v) is 4.64. The number of alkyl halides is 3. The fourth-order valence-corrected chi connectivity index (χ4v) is 3.31. The lowest BCUT2D eigenvalue weighted by Gasteiger charge is -2.31. The minimum atomic E-state index is -4.39. The largest absolute Gasteiger partial charge is 0.416 e. The second-order valence-electron chi connectivity index (χ2n) is 6.53. The second-order valence-corrected chi connectivity index (χ2v) is 6.53. The molecule has 0 spiro atoms. The lowest BCUT2D eigenvalue weighted by atomic mass is 9.97. The van der Waals surface area contributed by atoms with Gasteiger partial charge >= 0.3 is 6.18 Å². The van der Waals surface area contributed by atoms with Crippen molar-refractivity contribution >= 4 is 11.9 Å². The number of halogens is 3. The first-order chi connectivity index (χ1) is 12.9. The van der Waals surface area contributed by atoms with E-state index in [1.165, 1.54) is 12.1 Å². The van der Waals surface area contributed by atoms with Gasteiger partial charge in [0.1, 0.15) is 0 Å². The Kier molecular flexibility index (Phi) is 5.93. The van der Waals surface area contributed by atoms with Crippen LogP contribution >= 0.6 is 0 Å². The minimum Gasteiger partial charge on any atom is -0.355 e. The molecule has 2 heterocycles. The van der Waals surface area contributed by atoms with Crippen LogP contribution in [0.3, 0.4) is 0 Å². The van der Waals surface area contributed by atoms with Gasteiger partial charge in [-0.05, 0) is 37.0 Å². The van der Waals surface area contributed by atoms with E-state index < -0.39 is 11.7 Å². The monoisotopic (exact) mass is 378 g/mol. The molecule has 5 nitrogen and oxygen atoms in total. The number of nitrogens with zero attached hydrogens (tertiary/aromatic N) is 3. The molecule has 1 atom stereocenters. The van der Waals surface area contributed by atoms with Gasteiger partial charge in [0.15, 0.2) is 0 Å². The highest BCUT2D eigenvalue weighted by atomic mass is 19.4. The summed E-state index contributed by atoms with van der Waals surface area (Å²) >= 11 is 0. The van der Waals surface area contributed by atoms with Crippen molar-refractivity contribution in [2.45, 2.75) is 25.4 Å². The summed E-state index contributed by atoms with van der Waals surface area (Å²) in [6, 6.07) is 7.19. The van der Waals surface area contributed by atoms with Gasteiger partial charge in [-0.15, -0.1) is 0 Å². The Morgan fingerprint density at radius 3 is 2.67 bits per heavy atom. The van der Waals surface area contributed by atoms with Crippen LogP contribution < -0.4 is 10.2 Å². The maximum absolute atomic E-state index is 13.0. The van der Waals surface area contributed by atoms with Gasteiger partial charge < -0.3 is 10.2 Å². The first kappa shape index (κ1) is 19.1. The van der Waals surface area contributed by atoms with Crippen molar-refractivity contribution in [3.63, 3.8) is 0 Å². The zero-order chi connectivity index (χ0) is 19.3. The molecular formula is C19H21F3N4O. The minimum absolute atomic E-state index is 0.139. The molecule has 1 amide bonds. The van der Waals surface area contributed by atoms with Crippen LogP contribution in [-0.4, -0.2) is 35.5 Å². The fourth-order valence-electron chi connectivity index (χ4n) is 3.31. The highest BCUT2D eigenvalue weighted by molar-refractivity contribution is 5.79. The van der Waals surface area contributed by atoms with E-state index in [1.54, 1.807) is 24.5 Å². The van der Waals surface area contributed by atoms with Gasteiger partial charge in [0, 0.05) is 32.0 Å². The Morgan fingerprint density at radius 1 is 1.19 bits per heavy atom.